The first kappa shape index (κ1) is 13.2. The molecule has 2 aliphatic rings. The Balaban J connectivity index is 1.63. The summed E-state index contributed by atoms with van der Waals surface area (Å²) in [4.78, 5) is 2.68. The van der Waals surface area contributed by atoms with Gasteiger partial charge in [0.15, 0.2) is 0 Å². The molecule has 1 aliphatic carbocycles. The zero-order chi connectivity index (χ0) is 13.1. The van der Waals surface area contributed by atoms with Crippen molar-refractivity contribution < 1.29 is 4.42 Å². The molecule has 1 N–H and O–H groups in total. The van der Waals surface area contributed by atoms with Crippen LogP contribution in [0.15, 0.2) is 16.7 Å². The zero-order valence-corrected chi connectivity index (χ0v) is 12.0. The van der Waals surface area contributed by atoms with Crippen molar-refractivity contribution in [2.45, 2.75) is 57.7 Å². The van der Waals surface area contributed by atoms with Crippen LogP contribution in [0.3, 0.4) is 0 Å². The highest BCUT2D eigenvalue weighted by Crippen LogP contribution is 2.35. The molecular formula is C16H26N2O. The Bertz CT molecular complexity index is 399. The summed E-state index contributed by atoms with van der Waals surface area (Å²) < 4.78 is 5.72. The average Bonchev–Trinajstić information content (AvgIpc) is 2.87. The molecule has 0 radical (unpaired) electrons. The minimum Gasteiger partial charge on any atom is -0.468 e. The van der Waals surface area contributed by atoms with Gasteiger partial charge in [-0.15, -0.1) is 0 Å². The Labute approximate surface area is 116 Å². The summed E-state index contributed by atoms with van der Waals surface area (Å²) in [6.45, 7) is 3.16. The number of fused-ring (bicyclic) bond motifs is 1. The molecular weight excluding hydrogens is 236 g/mol. The van der Waals surface area contributed by atoms with Crippen molar-refractivity contribution in [2.75, 3.05) is 13.6 Å². The van der Waals surface area contributed by atoms with Crippen LogP contribution in [0.1, 0.15) is 49.8 Å². The smallest absolute Gasteiger partial charge is 0.118 e. The molecule has 2 unspecified atom stereocenters. The molecule has 19 heavy (non-hydrogen) atoms. The number of hydrogen-bond acceptors (Lipinski definition) is 3. The van der Waals surface area contributed by atoms with Crippen molar-refractivity contribution in [1.82, 2.24) is 10.2 Å². The minimum atomic E-state index is 0.820. The molecule has 2 heterocycles. The molecule has 2 fully saturated rings. The standard InChI is InChI=1S/C16H26N2O/c1-17-10-13-9-15(19-12-13)11-18-8-4-6-14-5-2-3-7-16(14)18/h9,12,14,16-17H,2-8,10-11H2,1H3. The molecule has 1 aliphatic heterocycles. The molecule has 0 aromatic carbocycles. The fraction of sp³-hybridized carbons (Fsp3) is 0.750. The maximum absolute atomic E-state index is 5.72. The van der Waals surface area contributed by atoms with Gasteiger partial charge in [-0.05, 0) is 51.3 Å². The van der Waals surface area contributed by atoms with Crippen LogP contribution in [-0.4, -0.2) is 24.5 Å². The quantitative estimate of drug-likeness (QED) is 0.903. The summed E-state index contributed by atoms with van der Waals surface area (Å²) in [7, 11) is 1.98. The lowest BCUT2D eigenvalue weighted by molar-refractivity contribution is 0.0495. The molecule has 106 valence electrons. The van der Waals surface area contributed by atoms with Crippen LogP contribution in [0.25, 0.3) is 0 Å². The van der Waals surface area contributed by atoms with Crippen molar-refractivity contribution in [3.63, 3.8) is 0 Å². The number of rotatable bonds is 4. The molecule has 1 aromatic rings. The number of nitrogens with one attached hydrogen (secondary N) is 1. The van der Waals surface area contributed by atoms with Crippen LogP contribution >= 0.6 is 0 Å². The van der Waals surface area contributed by atoms with E-state index in [9.17, 15) is 0 Å². The summed E-state index contributed by atoms with van der Waals surface area (Å²) in [5.74, 6) is 2.09. The second-order valence-corrected chi connectivity index (χ2v) is 6.18. The lowest BCUT2D eigenvalue weighted by Gasteiger charge is -2.43. The number of furan rings is 1. The third-order valence-corrected chi connectivity index (χ3v) is 4.81. The van der Waals surface area contributed by atoms with E-state index in [1.54, 1.807) is 0 Å². The van der Waals surface area contributed by atoms with Crippen LogP contribution in [0.4, 0.5) is 0 Å². The predicted molar refractivity (Wildman–Crippen MR) is 76.9 cm³/mol. The van der Waals surface area contributed by atoms with E-state index in [0.29, 0.717) is 0 Å². The molecule has 3 rings (SSSR count). The maximum Gasteiger partial charge on any atom is 0.118 e. The van der Waals surface area contributed by atoms with E-state index in [1.807, 2.05) is 13.3 Å². The first-order valence-electron chi connectivity index (χ1n) is 7.82. The molecule has 0 spiro atoms. The Morgan fingerprint density at radius 1 is 1.26 bits per heavy atom. The van der Waals surface area contributed by atoms with E-state index in [1.165, 1.54) is 50.6 Å². The summed E-state index contributed by atoms with van der Waals surface area (Å²) in [5, 5.41) is 3.17. The van der Waals surface area contributed by atoms with Gasteiger partial charge in [-0.3, -0.25) is 4.90 Å². The molecule has 3 nitrogen and oxygen atoms in total. The highest BCUT2D eigenvalue weighted by atomic mass is 16.3. The Kier molecular flexibility index (Phi) is 4.24. The van der Waals surface area contributed by atoms with Gasteiger partial charge < -0.3 is 9.73 Å². The largest absolute Gasteiger partial charge is 0.468 e. The van der Waals surface area contributed by atoms with E-state index in [4.69, 9.17) is 4.42 Å². The first-order valence-corrected chi connectivity index (χ1v) is 7.82. The highest BCUT2D eigenvalue weighted by Gasteiger charge is 2.33. The van der Waals surface area contributed by atoms with Crippen molar-refractivity contribution in [3.8, 4) is 0 Å². The molecule has 1 saturated heterocycles. The van der Waals surface area contributed by atoms with Crippen LogP contribution < -0.4 is 5.32 Å². The van der Waals surface area contributed by atoms with Gasteiger partial charge >= 0.3 is 0 Å². The minimum absolute atomic E-state index is 0.820. The summed E-state index contributed by atoms with van der Waals surface area (Å²) in [5.41, 5.74) is 1.26. The third kappa shape index (κ3) is 3.03. The summed E-state index contributed by atoms with van der Waals surface area (Å²) in [6.07, 6.45) is 10.4. The maximum atomic E-state index is 5.72. The van der Waals surface area contributed by atoms with Gasteiger partial charge in [-0.2, -0.15) is 0 Å². The van der Waals surface area contributed by atoms with E-state index in [-0.39, 0.29) is 0 Å². The zero-order valence-electron chi connectivity index (χ0n) is 12.0. The summed E-state index contributed by atoms with van der Waals surface area (Å²) in [6, 6.07) is 3.03. The fourth-order valence-corrected chi connectivity index (χ4v) is 3.93. The van der Waals surface area contributed by atoms with Crippen molar-refractivity contribution in [2.24, 2.45) is 5.92 Å². The molecule has 2 atom stereocenters. The first-order chi connectivity index (χ1) is 9.36. The van der Waals surface area contributed by atoms with Crippen LogP contribution in [0.5, 0.6) is 0 Å². The van der Waals surface area contributed by atoms with Crippen molar-refractivity contribution in [1.29, 1.82) is 0 Å². The lowest BCUT2D eigenvalue weighted by atomic mass is 9.78. The number of piperidine rings is 1. The molecule has 3 heteroatoms. The van der Waals surface area contributed by atoms with E-state index < -0.39 is 0 Å². The second-order valence-electron chi connectivity index (χ2n) is 6.18. The number of likely N-dealkylation sites (tertiary alicyclic amines) is 1. The predicted octanol–water partition coefficient (Wildman–Crippen LogP) is 3.15. The van der Waals surface area contributed by atoms with E-state index in [0.717, 1.165) is 30.8 Å². The molecule has 1 saturated carbocycles. The van der Waals surface area contributed by atoms with Crippen LogP contribution in [0.2, 0.25) is 0 Å². The number of hydrogen-bond donors (Lipinski definition) is 1. The van der Waals surface area contributed by atoms with Gasteiger partial charge in [0.25, 0.3) is 0 Å². The highest BCUT2D eigenvalue weighted by molar-refractivity contribution is 5.12. The molecule has 1 aromatic heterocycles. The topological polar surface area (TPSA) is 28.4 Å². The van der Waals surface area contributed by atoms with E-state index >= 15 is 0 Å². The molecule has 0 amide bonds. The van der Waals surface area contributed by atoms with Gasteiger partial charge in [0.1, 0.15) is 5.76 Å². The Morgan fingerprint density at radius 2 is 2.11 bits per heavy atom. The van der Waals surface area contributed by atoms with Crippen molar-refractivity contribution >= 4 is 0 Å². The molecule has 0 bridgehead atoms. The van der Waals surface area contributed by atoms with E-state index in [2.05, 4.69) is 16.3 Å². The third-order valence-electron chi connectivity index (χ3n) is 4.81. The second kappa shape index (κ2) is 6.10. The lowest BCUT2D eigenvalue weighted by Crippen LogP contribution is -2.46. The normalized spacial score (nSPS) is 28.3. The van der Waals surface area contributed by atoms with Gasteiger partial charge in [-0.1, -0.05) is 12.8 Å². The van der Waals surface area contributed by atoms with Gasteiger partial charge in [0.2, 0.25) is 0 Å². The van der Waals surface area contributed by atoms with Gasteiger partial charge in [0.05, 0.1) is 12.8 Å². The summed E-state index contributed by atoms with van der Waals surface area (Å²) >= 11 is 0. The van der Waals surface area contributed by atoms with Gasteiger partial charge in [-0.25, -0.2) is 0 Å². The van der Waals surface area contributed by atoms with Crippen LogP contribution in [-0.2, 0) is 13.1 Å². The fourth-order valence-electron chi connectivity index (χ4n) is 3.93. The number of nitrogens with zero attached hydrogens (tertiary/aromatic N) is 1. The van der Waals surface area contributed by atoms with Crippen LogP contribution in [0, 0.1) is 5.92 Å². The average molecular weight is 262 g/mol. The monoisotopic (exact) mass is 262 g/mol. The van der Waals surface area contributed by atoms with Crippen molar-refractivity contribution in [3.05, 3.63) is 23.7 Å². The Hall–Kier alpha value is -0.800. The van der Waals surface area contributed by atoms with Gasteiger partial charge in [0, 0.05) is 18.2 Å². The Morgan fingerprint density at radius 3 is 3.00 bits per heavy atom. The SMILES string of the molecule is CNCc1coc(CN2CCCC3CCCCC32)c1.